The minimum atomic E-state index is -0.156. The number of para-hydroxylation sites is 2. The number of imidazole rings is 1. The van der Waals surface area contributed by atoms with Crippen LogP contribution < -0.4 is 4.74 Å². The summed E-state index contributed by atoms with van der Waals surface area (Å²) in [5.74, 6) is 0.978. The number of benzene rings is 2. The molecule has 2 aromatic carbocycles. The van der Waals surface area contributed by atoms with Crippen LogP contribution in [0.3, 0.4) is 0 Å². The van der Waals surface area contributed by atoms with Gasteiger partial charge in [-0.2, -0.15) is 0 Å². The number of allylic oxidation sites excluding steroid dienone is 1. The first-order valence-corrected chi connectivity index (χ1v) is 7.56. The smallest absolute Gasteiger partial charge is 0.221 e. The lowest BCUT2D eigenvalue weighted by Crippen LogP contribution is -2.05. The molecule has 0 bridgehead atoms. The Morgan fingerprint density at radius 1 is 1.17 bits per heavy atom. The van der Waals surface area contributed by atoms with Crippen molar-refractivity contribution < 1.29 is 9.53 Å². The van der Waals surface area contributed by atoms with Gasteiger partial charge in [-0.3, -0.25) is 4.79 Å². The summed E-state index contributed by atoms with van der Waals surface area (Å²) in [6, 6.07) is 15.2. The molecule has 1 heterocycles. The maximum absolute atomic E-state index is 12.2. The van der Waals surface area contributed by atoms with E-state index < -0.39 is 0 Å². The zero-order chi connectivity index (χ0) is 16.2. The molecule has 0 saturated heterocycles. The molecule has 0 saturated carbocycles. The Kier molecular flexibility index (Phi) is 4.24. The summed E-state index contributed by atoms with van der Waals surface area (Å²) in [7, 11) is 0. The van der Waals surface area contributed by atoms with Gasteiger partial charge in [0, 0.05) is 0 Å². The number of H-pyrrole nitrogens is 1. The molecule has 0 radical (unpaired) electrons. The highest BCUT2D eigenvalue weighted by Crippen LogP contribution is 2.16. The standard InChI is InChI=1S/C19H18N2O2/c1-13(2)23-15-7-5-6-14(12-15)10-11-18(22)19-20-16-8-3-4-9-17(16)21-19/h3-13H,1-2H3,(H,20,21)/b11-10+. The molecule has 4 heteroatoms. The number of ketones is 1. The number of aromatic nitrogens is 2. The van der Waals surface area contributed by atoms with Crippen LogP contribution in [0.4, 0.5) is 0 Å². The highest BCUT2D eigenvalue weighted by molar-refractivity contribution is 6.05. The minimum Gasteiger partial charge on any atom is -0.491 e. The van der Waals surface area contributed by atoms with Gasteiger partial charge in [-0.05, 0) is 49.8 Å². The SMILES string of the molecule is CC(C)Oc1cccc(/C=C/C(=O)c2nc3ccccc3[nH]2)c1. The molecule has 23 heavy (non-hydrogen) atoms. The molecule has 4 nitrogen and oxygen atoms in total. The highest BCUT2D eigenvalue weighted by atomic mass is 16.5. The summed E-state index contributed by atoms with van der Waals surface area (Å²) in [5.41, 5.74) is 2.56. The van der Waals surface area contributed by atoms with E-state index in [0.717, 1.165) is 22.3 Å². The normalized spacial score (nSPS) is 11.4. The van der Waals surface area contributed by atoms with E-state index in [1.165, 1.54) is 6.08 Å². The molecule has 1 N–H and O–H groups in total. The molecular weight excluding hydrogens is 288 g/mol. The Labute approximate surface area is 134 Å². The van der Waals surface area contributed by atoms with Crippen LogP contribution in [0.25, 0.3) is 17.1 Å². The molecular formula is C19H18N2O2. The van der Waals surface area contributed by atoms with E-state index in [9.17, 15) is 4.79 Å². The van der Waals surface area contributed by atoms with E-state index in [-0.39, 0.29) is 11.9 Å². The molecule has 0 spiro atoms. The number of hydrogen-bond donors (Lipinski definition) is 1. The van der Waals surface area contributed by atoms with Gasteiger partial charge in [0.1, 0.15) is 5.75 Å². The Morgan fingerprint density at radius 3 is 2.78 bits per heavy atom. The van der Waals surface area contributed by atoms with Gasteiger partial charge in [-0.1, -0.05) is 30.3 Å². The molecule has 116 valence electrons. The summed E-state index contributed by atoms with van der Waals surface area (Å²) in [5, 5.41) is 0. The Balaban J connectivity index is 1.77. The topological polar surface area (TPSA) is 55.0 Å². The largest absolute Gasteiger partial charge is 0.491 e. The molecule has 0 amide bonds. The zero-order valence-corrected chi connectivity index (χ0v) is 13.1. The average Bonchev–Trinajstić information content (AvgIpc) is 2.96. The number of hydrogen-bond acceptors (Lipinski definition) is 3. The van der Waals surface area contributed by atoms with Gasteiger partial charge in [0.2, 0.25) is 5.78 Å². The second-order valence-corrected chi connectivity index (χ2v) is 5.54. The minimum absolute atomic E-state index is 0.117. The first kappa shape index (κ1) is 15.0. The summed E-state index contributed by atoms with van der Waals surface area (Å²) in [4.78, 5) is 19.6. The summed E-state index contributed by atoms with van der Waals surface area (Å²) < 4.78 is 5.65. The van der Waals surface area contributed by atoms with E-state index in [2.05, 4.69) is 9.97 Å². The Morgan fingerprint density at radius 2 is 2.00 bits per heavy atom. The monoisotopic (exact) mass is 306 g/mol. The van der Waals surface area contributed by atoms with Crippen molar-refractivity contribution in [1.29, 1.82) is 0 Å². The number of fused-ring (bicyclic) bond motifs is 1. The van der Waals surface area contributed by atoms with Gasteiger partial charge in [-0.25, -0.2) is 4.98 Å². The van der Waals surface area contributed by atoms with Crippen molar-refractivity contribution in [1.82, 2.24) is 9.97 Å². The van der Waals surface area contributed by atoms with Crippen LogP contribution in [-0.2, 0) is 0 Å². The van der Waals surface area contributed by atoms with Crippen molar-refractivity contribution in [3.63, 3.8) is 0 Å². The van der Waals surface area contributed by atoms with Gasteiger partial charge in [0.05, 0.1) is 17.1 Å². The quantitative estimate of drug-likeness (QED) is 0.566. The van der Waals surface area contributed by atoms with Crippen LogP contribution in [0.2, 0.25) is 0 Å². The Bertz CT molecular complexity index is 829. The lowest BCUT2D eigenvalue weighted by Gasteiger charge is -2.09. The van der Waals surface area contributed by atoms with E-state index in [0.29, 0.717) is 5.82 Å². The van der Waals surface area contributed by atoms with Crippen molar-refractivity contribution in [2.45, 2.75) is 20.0 Å². The first-order valence-electron chi connectivity index (χ1n) is 7.56. The fourth-order valence-corrected chi connectivity index (χ4v) is 2.28. The number of carbonyl (C=O) groups excluding carboxylic acids is 1. The van der Waals surface area contributed by atoms with Crippen LogP contribution in [-0.4, -0.2) is 21.9 Å². The predicted molar refractivity (Wildman–Crippen MR) is 91.7 cm³/mol. The molecule has 1 aromatic heterocycles. The average molecular weight is 306 g/mol. The van der Waals surface area contributed by atoms with Crippen LogP contribution >= 0.6 is 0 Å². The van der Waals surface area contributed by atoms with Crippen molar-refractivity contribution in [3.8, 4) is 5.75 Å². The summed E-state index contributed by atoms with van der Waals surface area (Å²) in [6.07, 6.45) is 3.40. The summed E-state index contributed by atoms with van der Waals surface area (Å²) >= 11 is 0. The maximum Gasteiger partial charge on any atom is 0.221 e. The van der Waals surface area contributed by atoms with Gasteiger partial charge in [0.25, 0.3) is 0 Å². The highest BCUT2D eigenvalue weighted by Gasteiger charge is 2.08. The third-order valence-corrected chi connectivity index (χ3v) is 3.28. The molecule has 0 aliphatic rings. The van der Waals surface area contributed by atoms with Crippen molar-refractivity contribution >= 4 is 22.9 Å². The van der Waals surface area contributed by atoms with E-state index in [1.807, 2.05) is 62.4 Å². The van der Waals surface area contributed by atoms with E-state index in [4.69, 9.17) is 4.74 Å². The number of rotatable bonds is 5. The fraction of sp³-hybridized carbons (Fsp3) is 0.158. The molecule has 3 rings (SSSR count). The Hall–Kier alpha value is -2.88. The lowest BCUT2D eigenvalue weighted by atomic mass is 10.2. The fourth-order valence-electron chi connectivity index (χ4n) is 2.28. The molecule has 0 fully saturated rings. The number of carbonyl (C=O) groups is 1. The first-order chi connectivity index (χ1) is 11.1. The summed E-state index contributed by atoms with van der Waals surface area (Å²) in [6.45, 7) is 3.96. The molecule has 0 atom stereocenters. The molecule has 0 aliphatic heterocycles. The third kappa shape index (κ3) is 3.66. The van der Waals surface area contributed by atoms with Crippen LogP contribution in [0, 0.1) is 0 Å². The van der Waals surface area contributed by atoms with Crippen LogP contribution in [0.15, 0.2) is 54.6 Å². The van der Waals surface area contributed by atoms with Crippen molar-refractivity contribution in [3.05, 3.63) is 66.0 Å². The molecule has 0 unspecified atom stereocenters. The van der Waals surface area contributed by atoms with E-state index >= 15 is 0 Å². The van der Waals surface area contributed by atoms with Crippen molar-refractivity contribution in [2.24, 2.45) is 0 Å². The predicted octanol–water partition coefficient (Wildman–Crippen LogP) is 4.25. The number of aromatic amines is 1. The van der Waals surface area contributed by atoms with Gasteiger partial charge in [-0.15, -0.1) is 0 Å². The number of ether oxygens (including phenoxy) is 1. The number of nitrogens with one attached hydrogen (secondary N) is 1. The van der Waals surface area contributed by atoms with Gasteiger partial charge >= 0.3 is 0 Å². The maximum atomic E-state index is 12.2. The van der Waals surface area contributed by atoms with Crippen molar-refractivity contribution in [2.75, 3.05) is 0 Å². The van der Waals surface area contributed by atoms with Gasteiger partial charge in [0.15, 0.2) is 5.82 Å². The molecule has 3 aromatic rings. The second-order valence-electron chi connectivity index (χ2n) is 5.54. The second kappa shape index (κ2) is 6.48. The van der Waals surface area contributed by atoms with Gasteiger partial charge < -0.3 is 9.72 Å². The zero-order valence-electron chi connectivity index (χ0n) is 13.1. The van der Waals surface area contributed by atoms with Crippen LogP contribution in [0.1, 0.15) is 30.0 Å². The third-order valence-electron chi connectivity index (χ3n) is 3.28. The number of nitrogens with zero attached hydrogens (tertiary/aromatic N) is 1. The lowest BCUT2D eigenvalue weighted by molar-refractivity contribution is 0.103. The molecule has 0 aliphatic carbocycles. The van der Waals surface area contributed by atoms with E-state index in [1.54, 1.807) is 6.08 Å². The van der Waals surface area contributed by atoms with Crippen LogP contribution in [0.5, 0.6) is 5.75 Å².